The summed E-state index contributed by atoms with van der Waals surface area (Å²) >= 11 is 0. The predicted octanol–water partition coefficient (Wildman–Crippen LogP) is 2.17. The van der Waals surface area contributed by atoms with Gasteiger partial charge in [0.05, 0.1) is 6.42 Å². The van der Waals surface area contributed by atoms with Gasteiger partial charge in [-0.05, 0) is 31.9 Å². The van der Waals surface area contributed by atoms with Crippen LogP contribution in [0.2, 0.25) is 0 Å². The third-order valence-electron chi connectivity index (χ3n) is 3.51. The van der Waals surface area contributed by atoms with Gasteiger partial charge in [0.25, 0.3) is 0 Å². The van der Waals surface area contributed by atoms with Crippen molar-refractivity contribution >= 4 is 18.3 Å². The molecule has 2 unspecified atom stereocenters. The average molecular weight is 283 g/mol. The molecule has 0 aliphatic carbocycles. The van der Waals surface area contributed by atoms with Gasteiger partial charge in [-0.15, -0.1) is 12.4 Å². The summed E-state index contributed by atoms with van der Waals surface area (Å²) in [6.45, 7) is 7.95. The highest BCUT2D eigenvalue weighted by Crippen LogP contribution is 2.11. The van der Waals surface area contributed by atoms with Crippen molar-refractivity contribution in [3.05, 3.63) is 35.4 Å². The summed E-state index contributed by atoms with van der Waals surface area (Å²) in [6.07, 6.45) is 0.520. The fraction of sp³-hybridized carbons (Fsp3) is 0.533. The van der Waals surface area contributed by atoms with Crippen LogP contribution in [0.4, 0.5) is 0 Å². The lowest BCUT2D eigenvalue weighted by atomic mass is 10.0. The Morgan fingerprint density at radius 1 is 1.26 bits per heavy atom. The van der Waals surface area contributed by atoms with E-state index in [-0.39, 0.29) is 18.3 Å². The van der Waals surface area contributed by atoms with Gasteiger partial charge in [-0.3, -0.25) is 4.79 Å². The number of nitrogens with zero attached hydrogens (tertiary/aromatic N) is 1. The van der Waals surface area contributed by atoms with Crippen molar-refractivity contribution in [2.45, 2.75) is 39.3 Å². The monoisotopic (exact) mass is 282 g/mol. The number of hydrogen-bond donors (Lipinski definition) is 1. The summed E-state index contributed by atoms with van der Waals surface area (Å²) in [5.74, 6) is 0.240. The molecule has 1 aliphatic rings. The normalized spacial score (nSPS) is 22.8. The van der Waals surface area contributed by atoms with Crippen LogP contribution >= 0.6 is 12.4 Å². The summed E-state index contributed by atoms with van der Waals surface area (Å²) < 4.78 is 0. The third kappa shape index (κ3) is 4.22. The topological polar surface area (TPSA) is 32.3 Å². The molecule has 1 saturated heterocycles. The third-order valence-corrected chi connectivity index (χ3v) is 3.51. The molecule has 0 aromatic heterocycles. The Labute approximate surface area is 121 Å². The number of carbonyl (C=O) groups is 1. The Balaban J connectivity index is 0.00000180. The minimum atomic E-state index is 0. The molecular formula is C15H23ClN2O. The summed E-state index contributed by atoms with van der Waals surface area (Å²) in [4.78, 5) is 14.3. The lowest BCUT2D eigenvalue weighted by molar-refractivity contribution is -0.132. The van der Waals surface area contributed by atoms with Gasteiger partial charge in [0.15, 0.2) is 0 Å². The highest BCUT2D eigenvalue weighted by Gasteiger charge is 2.24. The molecule has 1 aromatic rings. The highest BCUT2D eigenvalue weighted by atomic mass is 35.5. The second-order valence-corrected chi connectivity index (χ2v) is 5.37. The van der Waals surface area contributed by atoms with Crippen LogP contribution in [0.5, 0.6) is 0 Å². The number of piperazine rings is 1. The number of hydrogen-bond acceptors (Lipinski definition) is 2. The van der Waals surface area contributed by atoms with E-state index >= 15 is 0 Å². The van der Waals surface area contributed by atoms with Gasteiger partial charge in [0.2, 0.25) is 5.91 Å². The van der Waals surface area contributed by atoms with Crippen molar-refractivity contribution in [1.82, 2.24) is 10.2 Å². The average Bonchev–Trinajstić information content (AvgIpc) is 2.31. The summed E-state index contributed by atoms with van der Waals surface area (Å²) in [7, 11) is 0. The molecule has 2 rings (SSSR count). The van der Waals surface area contributed by atoms with Crippen LogP contribution in [-0.4, -0.2) is 36.0 Å². The van der Waals surface area contributed by atoms with Crippen LogP contribution in [0.3, 0.4) is 0 Å². The van der Waals surface area contributed by atoms with Crippen LogP contribution in [0, 0.1) is 6.92 Å². The van der Waals surface area contributed by atoms with E-state index in [4.69, 9.17) is 0 Å². The highest BCUT2D eigenvalue weighted by molar-refractivity contribution is 5.85. The Morgan fingerprint density at radius 3 is 2.42 bits per heavy atom. The molecule has 0 radical (unpaired) electrons. The van der Waals surface area contributed by atoms with Crippen molar-refractivity contribution in [1.29, 1.82) is 0 Å². The van der Waals surface area contributed by atoms with E-state index in [1.807, 2.05) is 23.1 Å². The van der Waals surface area contributed by atoms with Gasteiger partial charge < -0.3 is 10.2 Å². The van der Waals surface area contributed by atoms with E-state index in [1.54, 1.807) is 0 Å². The van der Waals surface area contributed by atoms with E-state index in [0.717, 1.165) is 18.7 Å². The zero-order valence-electron chi connectivity index (χ0n) is 11.8. The molecule has 3 nitrogen and oxygen atoms in total. The first-order chi connectivity index (χ1) is 8.56. The van der Waals surface area contributed by atoms with Gasteiger partial charge >= 0.3 is 0 Å². The Morgan fingerprint density at radius 2 is 1.84 bits per heavy atom. The first-order valence-corrected chi connectivity index (χ1v) is 6.64. The quantitative estimate of drug-likeness (QED) is 0.902. The molecule has 0 spiro atoms. The second kappa shape index (κ2) is 6.92. The first kappa shape index (κ1) is 16.0. The second-order valence-electron chi connectivity index (χ2n) is 5.37. The molecule has 1 heterocycles. The van der Waals surface area contributed by atoms with Crippen LogP contribution in [0.25, 0.3) is 0 Å². The molecule has 4 heteroatoms. The maximum Gasteiger partial charge on any atom is 0.227 e. The molecular weight excluding hydrogens is 260 g/mol. The number of benzene rings is 1. The van der Waals surface area contributed by atoms with Crippen molar-refractivity contribution in [3.8, 4) is 0 Å². The largest absolute Gasteiger partial charge is 0.339 e. The molecule has 1 aromatic carbocycles. The van der Waals surface area contributed by atoms with Gasteiger partial charge in [-0.2, -0.15) is 0 Å². The van der Waals surface area contributed by atoms with Crippen molar-refractivity contribution < 1.29 is 4.79 Å². The van der Waals surface area contributed by atoms with E-state index in [9.17, 15) is 4.79 Å². The van der Waals surface area contributed by atoms with Gasteiger partial charge in [0, 0.05) is 25.2 Å². The fourth-order valence-corrected chi connectivity index (χ4v) is 2.61. The predicted molar refractivity (Wildman–Crippen MR) is 80.8 cm³/mol. The zero-order valence-corrected chi connectivity index (χ0v) is 12.7. The van der Waals surface area contributed by atoms with Crippen LogP contribution < -0.4 is 5.32 Å². The van der Waals surface area contributed by atoms with Crippen LogP contribution in [-0.2, 0) is 11.2 Å². The van der Waals surface area contributed by atoms with Crippen LogP contribution in [0.15, 0.2) is 24.3 Å². The summed E-state index contributed by atoms with van der Waals surface area (Å²) in [5, 5.41) is 3.45. The fourth-order valence-electron chi connectivity index (χ4n) is 2.61. The van der Waals surface area contributed by atoms with Gasteiger partial charge in [0.1, 0.15) is 0 Å². The van der Waals surface area contributed by atoms with Crippen molar-refractivity contribution in [2.75, 3.05) is 13.1 Å². The molecule has 1 fully saturated rings. The number of carbonyl (C=O) groups excluding carboxylic acids is 1. The standard InChI is InChI=1S/C15H22N2O.ClH/c1-11-6-4-5-7-14(11)8-15(18)17-9-12(2)16-13(3)10-17;/h4-7,12-13,16H,8-10H2,1-3H3;1H. The molecule has 19 heavy (non-hydrogen) atoms. The maximum atomic E-state index is 12.3. The molecule has 0 saturated carbocycles. The lowest BCUT2D eigenvalue weighted by Gasteiger charge is -2.36. The van der Waals surface area contributed by atoms with Gasteiger partial charge in [-0.25, -0.2) is 0 Å². The minimum Gasteiger partial charge on any atom is -0.339 e. The number of halogens is 1. The molecule has 1 aliphatic heterocycles. The van der Waals surface area contributed by atoms with E-state index in [1.165, 1.54) is 5.56 Å². The Kier molecular flexibility index (Phi) is 5.83. The summed E-state index contributed by atoms with van der Waals surface area (Å²) in [6, 6.07) is 8.88. The van der Waals surface area contributed by atoms with E-state index in [0.29, 0.717) is 18.5 Å². The first-order valence-electron chi connectivity index (χ1n) is 6.64. The smallest absolute Gasteiger partial charge is 0.227 e. The minimum absolute atomic E-state index is 0. The number of nitrogens with one attached hydrogen (secondary N) is 1. The summed E-state index contributed by atoms with van der Waals surface area (Å²) in [5.41, 5.74) is 2.34. The molecule has 1 N–H and O–H groups in total. The lowest BCUT2D eigenvalue weighted by Crippen LogP contribution is -2.56. The van der Waals surface area contributed by atoms with Gasteiger partial charge in [-0.1, -0.05) is 24.3 Å². The number of aryl methyl sites for hydroxylation is 1. The molecule has 106 valence electrons. The number of amides is 1. The molecule has 0 bridgehead atoms. The Bertz CT molecular complexity index is 426. The van der Waals surface area contributed by atoms with Crippen molar-refractivity contribution in [2.24, 2.45) is 0 Å². The van der Waals surface area contributed by atoms with Crippen LogP contribution in [0.1, 0.15) is 25.0 Å². The number of rotatable bonds is 2. The SMILES string of the molecule is Cc1ccccc1CC(=O)N1CC(C)NC(C)C1.Cl. The van der Waals surface area contributed by atoms with Crippen molar-refractivity contribution in [3.63, 3.8) is 0 Å². The zero-order chi connectivity index (χ0) is 13.1. The van der Waals surface area contributed by atoms with E-state index < -0.39 is 0 Å². The van der Waals surface area contributed by atoms with E-state index in [2.05, 4.69) is 32.2 Å². The molecule has 1 amide bonds. The molecule has 2 atom stereocenters. The maximum absolute atomic E-state index is 12.3. The Hall–Kier alpha value is -1.06.